The molecule has 25 heavy (non-hydrogen) atoms. The van der Waals surface area contributed by atoms with Crippen LogP contribution in [0.15, 0.2) is 18.2 Å². The number of ether oxygens (including phenoxy) is 1. The predicted octanol–water partition coefficient (Wildman–Crippen LogP) is 2.28. The van der Waals surface area contributed by atoms with E-state index in [0.29, 0.717) is 31.7 Å². The number of carbonyl (C=O) groups excluding carboxylic acids is 1. The molecule has 2 amide bonds. The van der Waals surface area contributed by atoms with Gasteiger partial charge in [0, 0.05) is 23.8 Å². The number of carbonyl (C=O) groups is 2. The van der Waals surface area contributed by atoms with Gasteiger partial charge >= 0.3 is 12.0 Å². The summed E-state index contributed by atoms with van der Waals surface area (Å²) in [7, 11) is 0. The molecule has 1 aromatic carbocycles. The van der Waals surface area contributed by atoms with Crippen molar-refractivity contribution in [3.63, 3.8) is 0 Å². The lowest BCUT2D eigenvalue weighted by atomic mass is 9.85. The first kappa shape index (κ1) is 19.0. The van der Waals surface area contributed by atoms with Gasteiger partial charge in [0.15, 0.2) is 11.6 Å². The van der Waals surface area contributed by atoms with Gasteiger partial charge in [-0.3, -0.25) is 9.69 Å². The summed E-state index contributed by atoms with van der Waals surface area (Å²) in [4.78, 5) is 24.7. The van der Waals surface area contributed by atoms with E-state index < -0.39 is 17.8 Å². The molecule has 2 rings (SSSR count). The summed E-state index contributed by atoms with van der Waals surface area (Å²) in [6.45, 7) is 4.70. The molecule has 3 N–H and O–H groups in total. The second-order valence-corrected chi connectivity index (χ2v) is 5.96. The van der Waals surface area contributed by atoms with Crippen LogP contribution in [-0.2, 0) is 4.79 Å². The van der Waals surface area contributed by atoms with Gasteiger partial charge in [-0.15, -0.1) is 0 Å². The Hall–Kier alpha value is -2.35. The van der Waals surface area contributed by atoms with Gasteiger partial charge in [0.05, 0.1) is 13.2 Å². The van der Waals surface area contributed by atoms with E-state index in [1.54, 1.807) is 13.0 Å². The fraction of sp³-hybridized carbons (Fsp3) is 0.529. The SMILES string of the molecule is CCOc1ccc(NC(=O)NC2CC(N(CC)CC(=O)O)C2)cc1F. The van der Waals surface area contributed by atoms with Crippen molar-refractivity contribution in [2.24, 2.45) is 0 Å². The van der Waals surface area contributed by atoms with E-state index in [4.69, 9.17) is 9.84 Å². The first-order valence-electron chi connectivity index (χ1n) is 8.38. The highest BCUT2D eigenvalue weighted by Crippen LogP contribution is 2.26. The fourth-order valence-electron chi connectivity index (χ4n) is 2.88. The number of rotatable bonds is 8. The molecule has 0 heterocycles. The monoisotopic (exact) mass is 353 g/mol. The van der Waals surface area contributed by atoms with Crippen LogP contribution in [0.2, 0.25) is 0 Å². The van der Waals surface area contributed by atoms with Crippen molar-refractivity contribution < 1.29 is 23.8 Å². The van der Waals surface area contributed by atoms with Crippen LogP contribution in [0.25, 0.3) is 0 Å². The molecule has 1 aliphatic rings. The summed E-state index contributed by atoms with van der Waals surface area (Å²) in [5, 5.41) is 14.3. The van der Waals surface area contributed by atoms with Crippen molar-refractivity contribution in [2.45, 2.75) is 38.8 Å². The summed E-state index contributed by atoms with van der Waals surface area (Å²) in [5.74, 6) is -1.24. The average molecular weight is 353 g/mol. The third kappa shape index (κ3) is 5.32. The number of carboxylic acid groups (broad SMARTS) is 1. The van der Waals surface area contributed by atoms with Crippen LogP contribution in [0, 0.1) is 5.82 Å². The van der Waals surface area contributed by atoms with Gasteiger partial charge in [0.2, 0.25) is 0 Å². The molecule has 0 aromatic heterocycles. The first-order chi connectivity index (χ1) is 11.9. The summed E-state index contributed by atoms with van der Waals surface area (Å²) >= 11 is 0. The Morgan fingerprint density at radius 2 is 2.08 bits per heavy atom. The van der Waals surface area contributed by atoms with Gasteiger partial charge in [0.1, 0.15) is 0 Å². The van der Waals surface area contributed by atoms with Crippen LogP contribution in [0.5, 0.6) is 5.75 Å². The number of hydrogen-bond acceptors (Lipinski definition) is 4. The molecule has 0 atom stereocenters. The molecular weight excluding hydrogens is 329 g/mol. The van der Waals surface area contributed by atoms with E-state index in [9.17, 15) is 14.0 Å². The molecule has 1 aromatic rings. The third-order valence-electron chi connectivity index (χ3n) is 4.20. The summed E-state index contributed by atoms with van der Waals surface area (Å²) in [6.07, 6.45) is 1.40. The number of hydrogen-bond donors (Lipinski definition) is 3. The molecule has 1 fully saturated rings. The van der Waals surface area contributed by atoms with Crippen LogP contribution < -0.4 is 15.4 Å². The van der Waals surface area contributed by atoms with Gasteiger partial charge in [-0.05, 0) is 38.4 Å². The van der Waals surface area contributed by atoms with Gasteiger partial charge in [-0.2, -0.15) is 0 Å². The van der Waals surface area contributed by atoms with E-state index in [0.717, 1.165) is 0 Å². The third-order valence-corrected chi connectivity index (χ3v) is 4.20. The van der Waals surface area contributed by atoms with E-state index in [-0.39, 0.29) is 24.4 Å². The zero-order valence-corrected chi connectivity index (χ0v) is 14.4. The van der Waals surface area contributed by atoms with Crippen LogP contribution in [0.4, 0.5) is 14.9 Å². The largest absolute Gasteiger partial charge is 0.491 e. The van der Waals surface area contributed by atoms with Crippen molar-refractivity contribution in [3.8, 4) is 5.75 Å². The molecule has 0 aliphatic heterocycles. The van der Waals surface area contributed by atoms with Gasteiger partial charge < -0.3 is 20.5 Å². The van der Waals surface area contributed by atoms with E-state index in [2.05, 4.69) is 10.6 Å². The minimum atomic E-state index is -0.853. The Morgan fingerprint density at radius 3 is 2.64 bits per heavy atom. The molecular formula is C17H24FN3O4. The zero-order chi connectivity index (χ0) is 18.4. The van der Waals surface area contributed by atoms with E-state index in [1.165, 1.54) is 12.1 Å². The van der Waals surface area contributed by atoms with Crippen molar-refractivity contribution >= 4 is 17.7 Å². The smallest absolute Gasteiger partial charge is 0.319 e. The Balaban J connectivity index is 1.78. The standard InChI is InChI=1S/C17H24FN3O4/c1-3-21(10-16(22)23)13-7-12(8-13)20-17(24)19-11-5-6-15(25-4-2)14(18)9-11/h5-6,9,12-13H,3-4,7-8,10H2,1-2H3,(H,22,23)(H2,19,20,24). The number of nitrogens with one attached hydrogen (secondary N) is 2. The number of nitrogens with zero attached hydrogens (tertiary/aromatic N) is 1. The summed E-state index contributed by atoms with van der Waals surface area (Å²) in [5.41, 5.74) is 0.343. The van der Waals surface area contributed by atoms with Crippen LogP contribution >= 0.6 is 0 Å². The van der Waals surface area contributed by atoms with Crippen molar-refractivity contribution in [3.05, 3.63) is 24.0 Å². The Morgan fingerprint density at radius 1 is 1.36 bits per heavy atom. The Labute approximate surface area is 146 Å². The molecule has 0 bridgehead atoms. The molecule has 7 nitrogen and oxygen atoms in total. The average Bonchev–Trinajstić information content (AvgIpc) is 2.51. The van der Waals surface area contributed by atoms with Gasteiger partial charge in [0.25, 0.3) is 0 Å². The number of halogens is 1. The lowest BCUT2D eigenvalue weighted by Gasteiger charge is -2.42. The van der Waals surface area contributed by atoms with Crippen molar-refractivity contribution in [1.29, 1.82) is 0 Å². The molecule has 1 saturated carbocycles. The number of amides is 2. The highest BCUT2D eigenvalue weighted by molar-refractivity contribution is 5.89. The Kier molecular flexibility index (Phi) is 6.58. The Bertz CT molecular complexity index is 620. The second kappa shape index (κ2) is 8.66. The molecule has 0 spiro atoms. The molecule has 1 aliphatic carbocycles. The van der Waals surface area contributed by atoms with Crippen molar-refractivity contribution in [2.75, 3.05) is 25.0 Å². The molecule has 0 radical (unpaired) electrons. The lowest BCUT2D eigenvalue weighted by Crippen LogP contribution is -2.55. The number of anilines is 1. The number of benzene rings is 1. The maximum absolute atomic E-state index is 13.8. The quantitative estimate of drug-likeness (QED) is 0.667. The van der Waals surface area contributed by atoms with Crippen molar-refractivity contribution in [1.82, 2.24) is 10.2 Å². The number of likely N-dealkylation sites (N-methyl/N-ethyl adjacent to an activating group) is 1. The zero-order valence-electron chi connectivity index (χ0n) is 14.4. The predicted molar refractivity (Wildman–Crippen MR) is 91.4 cm³/mol. The van der Waals surface area contributed by atoms with Crippen LogP contribution in [0.1, 0.15) is 26.7 Å². The maximum Gasteiger partial charge on any atom is 0.319 e. The minimum absolute atomic E-state index is 0.00550. The first-order valence-corrected chi connectivity index (χ1v) is 8.38. The number of carboxylic acids is 1. The number of aliphatic carboxylic acids is 1. The van der Waals surface area contributed by atoms with E-state index >= 15 is 0 Å². The van der Waals surface area contributed by atoms with E-state index in [1.807, 2.05) is 11.8 Å². The minimum Gasteiger partial charge on any atom is -0.491 e. The second-order valence-electron chi connectivity index (χ2n) is 5.96. The summed E-state index contributed by atoms with van der Waals surface area (Å²) in [6, 6.07) is 3.99. The number of urea groups is 1. The highest BCUT2D eigenvalue weighted by atomic mass is 19.1. The molecule has 0 saturated heterocycles. The maximum atomic E-state index is 13.8. The fourth-order valence-corrected chi connectivity index (χ4v) is 2.88. The van der Waals surface area contributed by atoms with Crippen LogP contribution in [0.3, 0.4) is 0 Å². The molecule has 8 heteroatoms. The van der Waals surface area contributed by atoms with Gasteiger partial charge in [-0.1, -0.05) is 6.92 Å². The lowest BCUT2D eigenvalue weighted by molar-refractivity contribution is -0.139. The summed E-state index contributed by atoms with van der Waals surface area (Å²) < 4.78 is 18.9. The molecule has 138 valence electrons. The highest BCUT2D eigenvalue weighted by Gasteiger charge is 2.34. The normalized spacial score (nSPS) is 19.2. The topological polar surface area (TPSA) is 90.9 Å². The van der Waals surface area contributed by atoms with Crippen LogP contribution in [-0.4, -0.2) is 53.8 Å². The van der Waals surface area contributed by atoms with Gasteiger partial charge in [-0.25, -0.2) is 9.18 Å². The molecule has 0 unspecified atom stereocenters.